The van der Waals surface area contributed by atoms with Crippen molar-refractivity contribution in [1.29, 1.82) is 0 Å². The quantitative estimate of drug-likeness (QED) is 0.720. The van der Waals surface area contributed by atoms with E-state index in [2.05, 4.69) is 24.0 Å². The molecule has 0 amide bonds. The highest BCUT2D eigenvalue weighted by Gasteiger charge is 2.06. The Hall–Kier alpha value is -2.20. The maximum absolute atomic E-state index is 12.2. The second-order valence-corrected chi connectivity index (χ2v) is 5.60. The van der Waals surface area contributed by atoms with Gasteiger partial charge >= 0.3 is 0 Å². The van der Waals surface area contributed by atoms with Crippen LogP contribution in [0.1, 0.15) is 22.4 Å². The molecule has 0 radical (unpaired) electrons. The molecule has 0 atom stereocenters. The van der Waals surface area contributed by atoms with Gasteiger partial charge in [-0.15, -0.1) is 11.3 Å². The maximum atomic E-state index is 12.2. The average Bonchev–Trinajstić information content (AvgIpc) is 2.90. The van der Waals surface area contributed by atoms with Gasteiger partial charge in [0.15, 0.2) is 4.96 Å². The summed E-state index contributed by atoms with van der Waals surface area (Å²) in [6.45, 7) is 3.88. The van der Waals surface area contributed by atoms with Crippen molar-refractivity contribution in [3.05, 3.63) is 68.6 Å². The molecule has 3 aromatic rings. The van der Waals surface area contributed by atoms with Gasteiger partial charge in [0.2, 0.25) is 0 Å². The average molecular weight is 282 g/mol. The fourth-order valence-electron chi connectivity index (χ4n) is 2.10. The molecule has 0 aliphatic rings. The standard InChI is InChI=1S/C16H14N2OS/c1-11-4-3-5-13(10-11)6-7-14-12(2)15(19)18-8-9-20-16(18)17-14/h3-10H,1-2H3. The van der Waals surface area contributed by atoms with Crippen LogP contribution in [0.3, 0.4) is 0 Å². The van der Waals surface area contributed by atoms with E-state index in [0.717, 1.165) is 16.2 Å². The van der Waals surface area contributed by atoms with Crippen LogP contribution in [0.5, 0.6) is 0 Å². The van der Waals surface area contributed by atoms with Crippen LogP contribution in [0, 0.1) is 13.8 Å². The molecule has 4 heteroatoms. The van der Waals surface area contributed by atoms with E-state index in [1.54, 1.807) is 10.6 Å². The molecule has 20 heavy (non-hydrogen) atoms. The fraction of sp³-hybridized carbons (Fsp3) is 0.125. The summed E-state index contributed by atoms with van der Waals surface area (Å²) in [7, 11) is 0. The van der Waals surface area contributed by atoms with Gasteiger partial charge in [0, 0.05) is 17.1 Å². The molecule has 0 N–H and O–H groups in total. The largest absolute Gasteiger partial charge is 0.269 e. The van der Waals surface area contributed by atoms with Crippen LogP contribution in [0.4, 0.5) is 0 Å². The van der Waals surface area contributed by atoms with Crippen LogP contribution in [0.2, 0.25) is 0 Å². The minimum Gasteiger partial charge on any atom is -0.269 e. The van der Waals surface area contributed by atoms with Crippen molar-refractivity contribution in [2.75, 3.05) is 0 Å². The summed E-state index contributed by atoms with van der Waals surface area (Å²) in [4.78, 5) is 17.4. The fourth-order valence-corrected chi connectivity index (χ4v) is 2.81. The van der Waals surface area contributed by atoms with Crippen molar-refractivity contribution in [3.8, 4) is 0 Å². The van der Waals surface area contributed by atoms with Crippen molar-refractivity contribution < 1.29 is 0 Å². The Morgan fingerprint density at radius 2 is 2.10 bits per heavy atom. The van der Waals surface area contributed by atoms with Crippen LogP contribution in [-0.4, -0.2) is 9.38 Å². The number of hydrogen-bond acceptors (Lipinski definition) is 3. The number of benzene rings is 1. The smallest absolute Gasteiger partial charge is 0.262 e. The lowest BCUT2D eigenvalue weighted by Gasteiger charge is -2.01. The lowest BCUT2D eigenvalue weighted by atomic mass is 10.1. The van der Waals surface area contributed by atoms with E-state index < -0.39 is 0 Å². The van der Waals surface area contributed by atoms with E-state index in [0.29, 0.717) is 5.56 Å². The highest BCUT2D eigenvalue weighted by Crippen LogP contribution is 2.13. The Balaban J connectivity index is 2.06. The Labute approximate surface area is 120 Å². The summed E-state index contributed by atoms with van der Waals surface area (Å²) < 4.78 is 1.59. The molecule has 3 nitrogen and oxygen atoms in total. The van der Waals surface area contributed by atoms with Gasteiger partial charge in [0.25, 0.3) is 5.56 Å². The normalized spacial score (nSPS) is 11.5. The van der Waals surface area contributed by atoms with E-state index in [1.807, 2.05) is 36.6 Å². The van der Waals surface area contributed by atoms with Gasteiger partial charge in [0.05, 0.1) is 5.69 Å². The van der Waals surface area contributed by atoms with E-state index in [-0.39, 0.29) is 5.56 Å². The van der Waals surface area contributed by atoms with Crippen molar-refractivity contribution in [1.82, 2.24) is 9.38 Å². The number of rotatable bonds is 2. The Bertz CT molecular complexity index is 858. The first-order valence-electron chi connectivity index (χ1n) is 6.36. The molecule has 1 aromatic carbocycles. The molecule has 0 saturated heterocycles. The summed E-state index contributed by atoms with van der Waals surface area (Å²) in [5.41, 5.74) is 3.73. The van der Waals surface area contributed by atoms with Crippen LogP contribution < -0.4 is 5.56 Å². The van der Waals surface area contributed by atoms with Gasteiger partial charge in [-0.25, -0.2) is 4.98 Å². The third kappa shape index (κ3) is 2.30. The van der Waals surface area contributed by atoms with Crippen LogP contribution in [0.15, 0.2) is 40.6 Å². The van der Waals surface area contributed by atoms with Crippen LogP contribution in [0.25, 0.3) is 17.1 Å². The maximum Gasteiger partial charge on any atom is 0.262 e. The van der Waals surface area contributed by atoms with E-state index in [1.165, 1.54) is 16.9 Å². The zero-order valence-electron chi connectivity index (χ0n) is 11.3. The van der Waals surface area contributed by atoms with E-state index in [4.69, 9.17) is 0 Å². The van der Waals surface area contributed by atoms with E-state index in [9.17, 15) is 4.79 Å². The Morgan fingerprint density at radius 1 is 1.25 bits per heavy atom. The Morgan fingerprint density at radius 3 is 2.90 bits per heavy atom. The second kappa shape index (κ2) is 5.06. The minimum atomic E-state index is 0.000132. The lowest BCUT2D eigenvalue weighted by Crippen LogP contribution is -2.17. The van der Waals surface area contributed by atoms with Gasteiger partial charge in [0.1, 0.15) is 0 Å². The van der Waals surface area contributed by atoms with Crippen molar-refractivity contribution in [3.63, 3.8) is 0 Å². The number of aryl methyl sites for hydroxylation is 1. The second-order valence-electron chi connectivity index (χ2n) is 4.73. The zero-order valence-corrected chi connectivity index (χ0v) is 12.1. The zero-order chi connectivity index (χ0) is 14.1. The van der Waals surface area contributed by atoms with Gasteiger partial charge < -0.3 is 0 Å². The lowest BCUT2D eigenvalue weighted by molar-refractivity contribution is 1.03. The third-order valence-corrected chi connectivity index (χ3v) is 3.96. The van der Waals surface area contributed by atoms with Crippen molar-refractivity contribution in [2.45, 2.75) is 13.8 Å². The highest BCUT2D eigenvalue weighted by atomic mass is 32.1. The van der Waals surface area contributed by atoms with Crippen LogP contribution >= 0.6 is 11.3 Å². The SMILES string of the molecule is Cc1cccc(C=Cc2nc3sccn3c(=O)c2C)c1. The van der Waals surface area contributed by atoms with Crippen molar-refractivity contribution in [2.24, 2.45) is 0 Å². The molecule has 2 aromatic heterocycles. The van der Waals surface area contributed by atoms with Gasteiger partial charge in [-0.1, -0.05) is 35.9 Å². The molecule has 0 aliphatic carbocycles. The summed E-state index contributed by atoms with van der Waals surface area (Å²) in [6.07, 6.45) is 5.66. The highest BCUT2D eigenvalue weighted by molar-refractivity contribution is 7.15. The molecule has 100 valence electrons. The van der Waals surface area contributed by atoms with Gasteiger partial charge in [-0.3, -0.25) is 9.20 Å². The number of fused-ring (bicyclic) bond motifs is 1. The molecule has 0 bridgehead atoms. The predicted molar refractivity (Wildman–Crippen MR) is 84.2 cm³/mol. The van der Waals surface area contributed by atoms with Gasteiger partial charge in [-0.2, -0.15) is 0 Å². The molecule has 3 rings (SSSR count). The summed E-state index contributed by atoms with van der Waals surface area (Å²) in [6, 6.07) is 8.22. The number of nitrogens with zero attached hydrogens (tertiary/aromatic N) is 2. The van der Waals surface area contributed by atoms with E-state index >= 15 is 0 Å². The minimum absolute atomic E-state index is 0.000132. The molecule has 0 saturated carbocycles. The summed E-state index contributed by atoms with van der Waals surface area (Å²) in [5.74, 6) is 0. The number of aromatic nitrogens is 2. The monoisotopic (exact) mass is 282 g/mol. The third-order valence-electron chi connectivity index (χ3n) is 3.21. The molecule has 0 aliphatic heterocycles. The van der Waals surface area contributed by atoms with Gasteiger partial charge in [-0.05, 0) is 25.5 Å². The Kier molecular flexibility index (Phi) is 3.24. The number of hydrogen-bond donors (Lipinski definition) is 0. The summed E-state index contributed by atoms with van der Waals surface area (Å²) in [5, 5.41) is 1.87. The first-order chi connectivity index (χ1) is 9.65. The molecule has 2 heterocycles. The first kappa shape index (κ1) is 12.8. The van der Waals surface area contributed by atoms with Crippen molar-refractivity contribution >= 4 is 28.4 Å². The molecular weight excluding hydrogens is 268 g/mol. The molecule has 0 spiro atoms. The molecule has 0 fully saturated rings. The first-order valence-corrected chi connectivity index (χ1v) is 7.24. The molecular formula is C16H14N2OS. The predicted octanol–water partition coefficient (Wildman–Crippen LogP) is 3.54. The molecule has 0 unspecified atom stereocenters. The van der Waals surface area contributed by atoms with Crippen LogP contribution in [-0.2, 0) is 0 Å². The summed E-state index contributed by atoms with van der Waals surface area (Å²) >= 11 is 1.47. The topological polar surface area (TPSA) is 34.4 Å². The number of thiazole rings is 1.